The Morgan fingerprint density at radius 1 is 0.946 bits per heavy atom. The summed E-state index contributed by atoms with van der Waals surface area (Å²) in [5.41, 5.74) is 12.4. The van der Waals surface area contributed by atoms with Crippen LogP contribution < -0.4 is 16.4 Å². The van der Waals surface area contributed by atoms with E-state index in [0.29, 0.717) is 23.2 Å². The average molecular weight is 491 g/mol. The molecule has 7 heteroatoms. The molecule has 7 nitrogen and oxygen atoms in total. The number of fused-ring (bicyclic) bond motifs is 2. The zero-order valence-electron chi connectivity index (χ0n) is 20.4. The predicted molar refractivity (Wildman–Crippen MR) is 145 cm³/mol. The molecule has 1 heterocycles. The number of carbonyl (C=O) groups excluding carboxylic acids is 3. The standard InChI is InChI=1S/C30H26N4O3/c1-18-9-11-19(12-10-18)15-20-13-14-24-27(23-7-2-3-8-25(23)34-28(20)24)30(37)33-22-6-4-5-21(16-22)29(36)32-17-26(31)35/h2-12,15-16H,13-14,17H2,1H3,(H2,31,35)(H,32,36)(H,33,37)/b20-15+. The molecule has 1 aliphatic rings. The minimum absolute atomic E-state index is 0.261. The van der Waals surface area contributed by atoms with Gasteiger partial charge >= 0.3 is 0 Å². The number of pyridine rings is 1. The van der Waals surface area contributed by atoms with Crippen LogP contribution in [-0.4, -0.2) is 29.3 Å². The van der Waals surface area contributed by atoms with E-state index in [-0.39, 0.29) is 12.5 Å². The number of primary amides is 1. The van der Waals surface area contributed by atoms with Gasteiger partial charge in [0.2, 0.25) is 5.91 Å². The minimum atomic E-state index is -0.632. The van der Waals surface area contributed by atoms with Gasteiger partial charge in [-0.2, -0.15) is 0 Å². The summed E-state index contributed by atoms with van der Waals surface area (Å²) in [6.45, 7) is 1.80. The smallest absolute Gasteiger partial charge is 0.256 e. The Morgan fingerprint density at radius 2 is 1.73 bits per heavy atom. The summed E-state index contributed by atoms with van der Waals surface area (Å²) in [6.07, 6.45) is 3.65. The van der Waals surface area contributed by atoms with Gasteiger partial charge in [0, 0.05) is 16.6 Å². The number of carbonyl (C=O) groups is 3. The summed E-state index contributed by atoms with van der Waals surface area (Å²) in [7, 11) is 0. The third kappa shape index (κ3) is 5.11. The summed E-state index contributed by atoms with van der Waals surface area (Å²) in [5.74, 6) is -1.34. The first-order valence-electron chi connectivity index (χ1n) is 12.1. The molecule has 184 valence electrons. The number of para-hydroxylation sites is 1. The molecule has 0 saturated carbocycles. The quantitative estimate of drug-likeness (QED) is 0.369. The van der Waals surface area contributed by atoms with Crippen LogP contribution in [0.15, 0.2) is 72.8 Å². The van der Waals surface area contributed by atoms with E-state index in [4.69, 9.17) is 10.7 Å². The van der Waals surface area contributed by atoms with Crippen LogP contribution in [0.3, 0.4) is 0 Å². The molecule has 4 aromatic rings. The van der Waals surface area contributed by atoms with E-state index in [1.807, 2.05) is 24.3 Å². The normalized spacial score (nSPS) is 13.4. The molecule has 0 bridgehead atoms. The number of hydrogen-bond donors (Lipinski definition) is 3. The minimum Gasteiger partial charge on any atom is -0.368 e. The molecule has 0 spiro atoms. The maximum atomic E-state index is 13.7. The van der Waals surface area contributed by atoms with Gasteiger partial charge in [0.05, 0.1) is 23.3 Å². The van der Waals surface area contributed by atoms with Gasteiger partial charge in [0.1, 0.15) is 0 Å². The van der Waals surface area contributed by atoms with Crippen molar-refractivity contribution in [3.05, 3.63) is 106 Å². The number of anilines is 1. The number of nitrogens with zero attached hydrogens (tertiary/aromatic N) is 1. The van der Waals surface area contributed by atoms with Gasteiger partial charge in [-0.25, -0.2) is 4.98 Å². The number of allylic oxidation sites excluding steroid dienone is 1. The van der Waals surface area contributed by atoms with E-state index in [9.17, 15) is 14.4 Å². The number of aromatic nitrogens is 1. The third-order valence-electron chi connectivity index (χ3n) is 6.39. The van der Waals surface area contributed by atoms with Crippen LogP contribution in [0.5, 0.6) is 0 Å². The first-order valence-corrected chi connectivity index (χ1v) is 12.1. The van der Waals surface area contributed by atoms with Gasteiger partial charge in [-0.15, -0.1) is 0 Å². The first-order chi connectivity index (χ1) is 17.9. The SMILES string of the molecule is Cc1ccc(/C=C2\CCc3c2nc2ccccc2c3C(=O)Nc2cccc(C(=O)NCC(N)=O)c2)cc1. The zero-order valence-corrected chi connectivity index (χ0v) is 20.4. The number of hydrogen-bond acceptors (Lipinski definition) is 4. The van der Waals surface area contributed by atoms with Gasteiger partial charge < -0.3 is 16.4 Å². The summed E-state index contributed by atoms with van der Waals surface area (Å²) in [4.78, 5) is 41.9. The molecule has 0 radical (unpaired) electrons. The number of benzene rings is 3. The van der Waals surface area contributed by atoms with Crippen molar-refractivity contribution in [2.24, 2.45) is 5.73 Å². The van der Waals surface area contributed by atoms with Crippen molar-refractivity contribution in [2.45, 2.75) is 19.8 Å². The number of amides is 3. The van der Waals surface area contributed by atoms with Crippen molar-refractivity contribution in [2.75, 3.05) is 11.9 Å². The topological polar surface area (TPSA) is 114 Å². The highest BCUT2D eigenvalue weighted by molar-refractivity contribution is 6.15. The van der Waals surface area contributed by atoms with E-state index >= 15 is 0 Å². The lowest BCUT2D eigenvalue weighted by Crippen LogP contribution is -2.33. The molecule has 0 unspecified atom stereocenters. The van der Waals surface area contributed by atoms with Crippen LogP contribution in [0, 0.1) is 6.92 Å². The van der Waals surface area contributed by atoms with Crippen LogP contribution in [-0.2, 0) is 11.2 Å². The van der Waals surface area contributed by atoms with Gasteiger partial charge in [-0.05, 0) is 66.8 Å². The number of nitrogens with two attached hydrogens (primary N) is 1. The molecule has 5 rings (SSSR count). The van der Waals surface area contributed by atoms with Gasteiger partial charge in [0.15, 0.2) is 0 Å². The second-order valence-electron chi connectivity index (χ2n) is 9.10. The molecule has 1 aliphatic carbocycles. The molecule has 0 fully saturated rings. The first kappa shape index (κ1) is 23.9. The van der Waals surface area contributed by atoms with Crippen LogP contribution in [0.2, 0.25) is 0 Å². The Bertz CT molecular complexity index is 1570. The maximum Gasteiger partial charge on any atom is 0.256 e. The average Bonchev–Trinajstić information content (AvgIpc) is 3.29. The van der Waals surface area contributed by atoms with Crippen LogP contribution in [0.1, 0.15) is 49.5 Å². The molecule has 37 heavy (non-hydrogen) atoms. The van der Waals surface area contributed by atoms with Crippen molar-refractivity contribution in [1.29, 1.82) is 0 Å². The van der Waals surface area contributed by atoms with E-state index in [2.05, 4.69) is 47.9 Å². The van der Waals surface area contributed by atoms with Crippen LogP contribution in [0.4, 0.5) is 5.69 Å². The zero-order chi connectivity index (χ0) is 25.9. The Hall–Kier alpha value is -4.78. The molecule has 0 atom stereocenters. The molecular formula is C30H26N4O3. The summed E-state index contributed by atoms with van der Waals surface area (Å²) in [5, 5.41) is 6.19. The Labute approximate surface area is 214 Å². The molecule has 4 N–H and O–H groups in total. The Morgan fingerprint density at radius 3 is 2.51 bits per heavy atom. The summed E-state index contributed by atoms with van der Waals surface area (Å²) < 4.78 is 0. The highest BCUT2D eigenvalue weighted by Crippen LogP contribution is 2.37. The summed E-state index contributed by atoms with van der Waals surface area (Å²) >= 11 is 0. The summed E-state index contributed by atoms with van der Waals surface area (Å²) in [6, 6.07) is 22.5. The lowest BCUT2D eigenvalue weighted by molar-refractivity contribution is -0.117. The van der Waals surface area contributed by atoms with Crippen molar-refractivity contribution >= 4 is 46.0 Å². The van der Waals surface area contributed by atoms with Gasteiger partial charge in [-0.1, -0.05) is 54.1 Å². The van der Waals surface area contributed by atoms with Crippen LogP contribution in [0.25, 0.3) is 22.6 Å². The van der Waals surface area contributed by atoms with E-state index in [1.54, 1.807) is 24.3 Å². The van der Waals surface area contributed by atoms with Crippen molar-refractivity contribution in [3.8, 4) is 0 Å². The number of nitrogens with one attached hydrogen (secondary N) is 2. The number of rotatable bonds is 6. The van der Waals surface area contributed by atoms with Crippen molar-refractivity contribution < 1.29 is 14.4 Å². The molecule has 3 aromatic carbocycles. The fourth-order valence-electron chi connectivity index (χ4n) is 4.60. The second-order valence-corrected chi connectivity index (χ2v) is 9.10. The van der Waals surface area contributed by atoms with Crippen LogP contribution >= 0.6 is 0 Å². The third-order valence-corrected chi connectivity index (χ3v) is 6.39. The Balaban J connectivity index is 1.50. The van der Waals surface area contributed by atoms with Gasteiger partial charge in [0.25, 0.3) is 11.8 Å². The fraction of sp³-hybridized carbons (Fsp3) is 0.133. The highest BCUT2D eigenvalue weighted by Gasteiger charge is 2.27. The predicted octanol–water partition coefficient (Wildman–Crippen LogP) is 4.50. The molecular weight excluding hydrogens is 464 g/mol. The lowest BCUT2D eigenvalue weighted by Gasteiger charge is -2.13. The molecule has 0 aliphatic heterocycles. The van der Waals surface area contributed by atoms with Gasteiger partial charge in [-0.3, -0.25) is 14.4 Å². The van der Waals surface area contributed by atoms with E-state index in [1.165, 1.54) is 5.56 Å². The fourth-order valence-corrected chi connectivity index (χ4v) is 4.60. The molecule has 3 amide bonds. The van der Waals surface area contributed by atoms with Crippen molar-refractivity contribution in [1.82, 2.24) is 10.3 Å². The second kappa shape index (κ2) is 10.1. The molecule has 1 aromatic heterocycles. The molecule has 0 saturated heterocycles. The monoisotopic (exact) mass is 490 g/mol. The van der Waals surface area contributed by atoms with E-state index in [0.717, 1.165) is 39.7 Å². The lowest BCUT2D eigenvalue weighted by atomic mass is 9.99. The van der Waals surface area contributed by atoms with Crippen molar-refractivity contribution in [3.63, 3.8) is 0 Å². The maximum absolute atomic E-state index is 13.7. The number of aryl methyl sites for hydroxylation is 1. The highest BCUT2D eigenvalue weighted by atomic mass is 16.2. The largest absolute Gasteiger partial charge is 0.368 e. The van der Waals surface area contributed by atoms with E-state index < -0.39 is 11.8 Å². The Kier molecular flexibility index (Phi) is 6.51.